The van der Waals surface area contributed by atoms with Crippen molar-refractivity contribution >= 4 is 28.6 Å². The lowest BCUT2D eigenvalue weighted by Gasteiger charge is -2.35. The van der Waals surface area contributed by atoms with E-state index in [0.29, 0.717) is 64.8 Å². The number of aromatic nitrogens is 3. The van der Waals surface area contributed by atoms with Gasteiger partial charge in [0.2, 0.25) is 0 Å². The highest BCUT2D eigenvalue weighted by atomic mass is 28.2. The molecule has 0 aliphatic heterocycles. The number of unbranched alkanes of at least 4 members (excludes halogenated alkanes) is 12. The Morgan fingerprint density at radius 2 is 0.543 bits per heavy atom. The topological polar surface area (TPSA) is 66.0 Å². The standard InChI is InChI=1S/C72H129N3O3Si3/c1-16-28-34-46-70(13,47-35-29-17-2)55-61(40-22-7)52-64(43-25-10)79-58-73-67(76)74(59-80-65(44-26-11)53-62(41-23-8)56-71(14,48-36-30-18-3)49-37-31-19-4)69(78)75(68(73)77)60-81-66(45-27-12)54-63(42-24-9)57-72(15,50-38-32-20-5)51-39-33-21-6/h22-27,61-66H,7-12,16-21,28-60H2,1-6,13-15H3. The molecule has 1 aromatic heterocycles. The fourth-order valence-electron chi connectivity index (χ4n) is 13.7. The molecule has 0 bridgehead atoms. The van der Waals surface area contributed by atoms with Gasteiger partial charge in [0.1, 0.15) is 0 Å². The number of hydrogen-bond donors (Lipinski definition) is 0. The minimum Gasteiger partial charge on any atom is -0.249 e. The second-order valence-electron chi connectivity index (χ2n) is 26.5. The SMILES string of the molecule is C=CCC(CC(CC=C)[Si]Cn1c(=O)n(C[Si]C(CC=C)CC(CC=C)CC(C)(CCCCC)CCCCC)c(=O)n(C[Si]C(CC=C)CC(CC=C)CC(C)(CCCCC)CCCCC)c1=O)CC(C)(CCCCC)CCCCC. The molecule has 1 heterocycles. The second kappa shape index (κ2) is 45.8. The molecule has 0 aliphatic carbocycles. The first-order chi connectivity index (χ1) is 39.0. The van der Waals surface area contributed by atoms with Gasteiger partial charge in [-0.15, -0.1) is 39.5 Å². The Hall–Kier alpha value is -2.50. The molecule has 0 N–H and O–H groups in total. The predicted molar refractivity (Wildman–Crippen MR) is 364 cm³/mol. The van der Waals surface area contributed by atoms with E-state index in [2.05, 4.69) is 120 Å². The van der Waals surface area contributed by atoms with Crippen molar-refractivity contribution in [2.24, 2.45) is 34.0 Å². The van der Waals surface area contributed by atoms with Gasteiger partial charge in [0, 0.05) is 18.5 Å². The Labute approximate surface area is 509 Å². The minimum absolute atomic E-state index is 0.272. The van der Waals surface area contributed by atoms with Crippen LogP contribution in [0.4, 0.5) is 0 Å². The summed E-state index contributed by atoms with van der Waals surface area (Å²) in [6.45, 7) is 46.8. The van der Waals surface area contributed by atoms with Crippen LogP contribution in [0.1, 0.15) is 293 Å². The van der Waals surface area contributed by atoms with Crippen molar-refractivity contribution in [2.45, 2.75) is 329 Å². The van der Waals surface area contributed by atoms with Gasteiger partial charge >= 0.3 is 17.1 Å². The fourth-order valence-corrected chi connectivity index (χ4v) is 18.4. The highest BCUT2D eigenvalue weighted by Gasteiger charge is 2.32. The first-order valence-electron chi connectivity index (χ1n) is 33.8. The van der Waals surface area contributed by atoms with Gasteiger partial charge < -0.3 is 0 Å². The van der Waals surface area contributed by atoms with Gasteiger partial charge in [-0.25, -0.2) is 28.1 Å². The fraction of sp³-hybridized carbons (Fsp3) is 0.792. The van der Waals surface area contributed by atoms with Crippen molar-refractivity contribution in [1.29, 1.82) is 0 Å². The Bertz CT molecular complexity index is 1730. The van der Waals surface area contributed by atoms with Gasteiger partial charge in [-0.2, -0.15) is 0 Å². The average Bonchev–Trinajstić information content (AvgIpc) is 3.42. The zero-order chi connectivity index (χ0) is 60.4. The van der Waals surface area contributed by atoms with E-state index in [1.54, 1.807) is 0 Å². The number of hydrogen-bond acceptors (Lipinski definition) is 3. The summed E-state index contributed by atoms with van der Waals surface area (Å²) in [6.07, 6.45) is 55.4. The minimum atomic E-state index is -0.442. The van der Waals surface area contributed by atoms with E-state index in [0.717, 1.165) is 77.0 Å². The molecular weight excluding hydrogens is 1040 g/mol. The third kappa shape index (κ3) is 32.0. The molecule has 0 saturated heterocycles. The lowest BCUT2D eigenvalue weighted by atomic mass is 9.72. The average molecular weight is 1170 g/mol. The summed E-state index contributed by atoms with van der Waals surface area (Å²) in [7, 11) is 1.01. The quantitative estimate of drug-likeness (QED) is 0.0371. The van der Waals surface area contributed by atoms with Crippen LogP contribution in [0.5, 0.6) is 0 Å². The Kier molecular flexibility index (Phi) is 43.3. The van der Waals surface area contributed by atoms with Crippen LogP contribution in [-0.4, -0.2) is 42.3 Å². The molecule has 81 heavy (non-hydrogen) atoms. The summed E-state index contributed by atoms with van der Waals surface area (Å²) in [5.41, 5.74) is 0.316. The van der Waals surface area contributed by atoms with Gasteiger partial charge in [-0.05, 0) is 166 Å². The molecule has 0 aromatic carbocycles. The summed E-state index contributed by atoms with van der Waals surface area (Å²) < 4.78 is 4.40. The molecule has 1 aromatic rings. The van der Waals surface area contributed by atoms with Crippen LogP contribution in [0.3, 0.4) is 0 Å². The summed E-state index contributed by atoms with van der Waals surface area (Å²) >= 11 is 0. The van der Waals surface area contributed by atoms with Crippen LogP contribution in [0, 0.1) is 34.0 Å². The second-order valence-corrected chi connectivity index (χ2v) is 31.2. The molecule has 0 fully saturated rings. The number of nitrogens with zero attached hydrogens (tertiary/aromatic N) is 3. The normalized spacial score (nSPS) is 14.5. The first kappa shape index (κ1) is 76.5. The van der Waals surface area contributed by atoms with E-state index in [-0.39, 0.29) is 32.9 Å². The number of rotatable bonds is 57. The summed E-state index contributed by atoms with van der Waals surface area (Å²) in [6, 6.07) is 0. The van der Waals surface area contributed by atoms with Crippen LogP contribution in [0.2, 0.25) is 16.6 Å². The molecule has 6 unspecified atom stereocenters. The molecule has 0 spiro atoms. The molecule has 1 rings (SSSR count). The van der Waals surface area contributed by atoms with E-state index in [4.69, 9.17) is 0 Å². The lowest BCUT2D eigenvalue weighted by molar-refractivity contribution is 0.184. The van der Waals surface area contributed by atoms with Crippen molar-refractivity contribution in [3.05, 3.63) is 107 Å². The third-order valence-corrected chi connectivity index (χ3v) is 23.0. The lowest BCUT2D eigenvalue weighted by Crippen LogP contribution is -2.56. The van der Waals surface area contributed by atoms with Crippen LogP contribution >= 0.6 is 0 Å². The van der Waals surface area contributed by atoms with Gasteiger partial charge in [0.05, 0.1) is 28.6 Å². The van der Waals surface area contributed by atoms with Crippen molar-refractivity contribution < 1.29 is 0 Å². The van der Waals surface area contributed by atoms with Crippen LogP contribution in [-0.2, 0) is 18.5 Å². The Morgan fingerprint density at radius 1 is 0.346 bits per heavy atom. The van der Waals surface area contributed by atoms with Crippen molar-refractivity contribution in [3.63, 3.8) is 0 Å². The molecule has 0 saturated carbocycles. The highest BCUT2D eigenvalue weighted by molar-refractivity contribution is 6.37. The molecule has 0 amide bonds. The molecular formula is C72H129N3O3Si3. The predicted octanol–water partition coefficient (Wildman–Crippen LogP) is 20.7. The largest absolute Gasteiger partial charge is 0.335 e. The number of allylic oxidation sites excluding steroid dienone is 6. The van der Waals surface area contributed by atoms with Crippen LogP contribution in [0.25, 0.3) is 0 Å². The monoisotopic (exact) mass is 1170 g/mol. The van der Waals surface area contributed by atoms with Gasteiger partial charge in [-0.1, -0.05) is 214 Å². The van der Waals surface area contributed by atoms with E-state index >= 15 is 14.4 Å². The maximum Gasteiger partial charge on any atom is 0.335 e. The van der Waals surface area contributed by atoms with Crippen LogP contribution in [0.15, 0.2) is 90.3 Å². The van der Waals surface area contributed by atoms with E-state index < -0.39 is 17.1 Å². The first-order valence-corrected chi connectivity index (χ1v) is 37.6. The molecule has 6 atom stereocenters. The summed E-state index contributed by atoms with van der Waals surface area (Å²) in [5, 5.41) is 0. The molecule has 0 aliphatic rings. The Balaban J connectivity index is 3.93. The van der Waals surface area contributed by atoms with Crippen molar-refractivity contribution in [2.75, 3.05) is 0 Å². The van der Waals surface area contributed by atoms with Crippen molar-refractivity contribution in [1.82, 2.24) is 13.7 Å². The summed E-state index contributed by atoms with van der Waals surface area (Å²) in [5.74, 6) is 1.40. The van der Waals surface area contributed by atoms with Crippen LogP contribution < -0.4 is 17.1 Å². The third-order valence-electron chi connectivity index (χ3n) is 18.4. The Morgan fingerprint density at radius 3 is 0.716 bits per heavy atom. The maximum atomic E-state index is 15.0. The molecule has 6 radical (unpaired) electrons. The smallest absolute Gasteiger partial charge is 0.249 e. The van der Waals surface area contributed by atoms with Gasteiger partial charge in [0.15, 0.2) is 0 Å². The summed E-state index contributed by atoms with van der Waals surface area (Å²) in [4.78, 5) is 45.1. The highest BCUT2D eigenvalue weighted by Crippen LogP contribution is 2.44. The van der Waals surface area contributed by atoms with Crippen molar-refractivity contribution in [3.8, 4) is 0 Å². The molecule has 6 nitrogen and oxygen atoms in total. The van der Waals surface area contributed by atoms with Gasteiger partial charge in [-0.3, -0.25) is 0 Å². The molecule has 9 heteroatoms. The van der Waals surface area contributed by atoms with E-state index in [1.165, 1.54) is 168 Å². The molecule has 462 valence electrons. The van der Waals surface area contributed by atoms with E-state index in [9.17, 15) is 0 Å². The van der Waals surface area contributed by atoms with Gasteiger partial charge in [0.25, 0.3) is 0 Å². The zero-order valence-electron chi connectivity index (χ0n) is 54.8. The zero-order valence-corrected chi connectivity index (χ0v) is 57.8. The maximum absolute atomic E-state index is 15.0. The van der Waals surface area contributed by atoms with E-state index in [1.807, 2.05) is 18.2 Å².